The number of ether oxygens (including phenoxy) is 1. The molecule has 0 bridgehead atoms. The van der Waals surface area contributed by atoms with E-state index in [1.54, 1.807) is 0 Å². The molecule has 0 aromatic heterocycles. The number of benzene rings is 1. The molecule has 106 valence electrons. The number of carboxylic acid groups (broad SMARTS) is 1. The minimum Gasteiger partial charge on any atom is -0.483 e. The zero-order valence-corrected chi connectivity index (χ0v) is 11.5. The highest BCUT2D eigenvalue weighted by Gasteiger charge is 2.18. The average molecular weight is 266 g/mol. The Balaban J connectivity index is 0.000000982. The van der Waals surface area contributed by atoms with E-state index in [4.69, 9.17) is 14.6 Å². The third-order valence-electron chi connectivity index (χ3n) is 2.57. The average Bonchev–Trinajstić information content (AvgIpc) is 2.40. The van der Waals surface area contributed by atoms with Crippen molar-refractivity contribution in [3.05, 3.63) is 30.3 Å². The van der Waals surface area contributed by atoms with Crippen molar-refractivity contribution < 1.29 is 19.4 Å². The third kappa shape index (κ3) is 7.97. The number of carbonyl (C=O) groups is 2. The second-order valence-electron chi connectivity index (χ2n) is 4.11. The Bertz CT molecular complexity index is 342. The van der Waals surface area contributed by atoms with Crippen molar-refractivity contribution >= 4 is 12.4 Å². The second-order valence-corrected chi connectivity index (χ2v) is 4.11. The van der Waals surface area contributed by atoms with Gasteiger partial charge in [0, 0.05) is 0 Å². The maximum absolute atomic E-state index is 11.9. The molecule has 0 aliphatic rings. The first-order chi connectivity index (χ1) is 9.19. The van der Waals surface area contributed by atoms with Gasteiger partial charge in [0.1, 0.15) is 5.75 Å². The second kappa shape index (κ2) is 11.3. The molecule has 0 saturated heterocycles. The van der Waals surface area contributed by atoms with E-state index in [1.807, 2.05) is 30.3 Å². The molecule has 0 unspecified atom stereocenters. The van der Waals surface area contributed by atoms with Crippen LogP contribution in [0.3, 0.4) is 0 Å². The molecular formula is C15H22O4. The summed E-state index contributed by atoms with van der Waals surface area (Å²) in [5, 5.41) is 6.89. The zero-order valence-electron chi connectivity index (χ0n) is 11.5. The van der Waals surface area contributed by atoms with Crippen LogP contribution in [0.15, 0.2) is 30.3 Å². The summed E-state index contributed by atoms with van der Waals surface area (Å²) in [6.07, 6.45) is 3.88. The van der Waals surface area contributed by atoms with Crippen LogP contribution in [0.1, 0.15) is 39.5 Å². The molecule has 0 fully saturated rings. The topological polar surface area (TPSA) is 63.6 Å². The van der Waals surface area contributed by atoms with Gasteiger partial charge in [-0.1, -0.05) is 44.9 Å². The number of esters is 1. The molecule has 0 spiro atoms. The Morgan fingerprint density at radius 3 is 2.11 bits per heavy atom. The molecule has 1 aromatic rings. The lowest BCUT2D eigenvalue weighted by molar-refractivity contribution is -0.139. The SMILES string of the molecule is CCCC(CCC)C(=O)Oc1ccccc1.O=CO. The van der Waals surface area contributed by atoms with Gasteiger partial charge in [-0.15, -0.1) is 0 Å². The summed E-state index contributed by atoms with van der Waals surface area (Å²) in [5.41, 5.74) is 0. The largest absolute Gasteiger partial charge is 0.483 e. The van der Waals surface area contributed by atoms with Crippen molar-refractivity contribution in [3.8, 4) is 5.75 Å². The predicted octanol–water partition coefficient (Wildman–Crippen LogP) is 3.51. The van der Waals surface area contributed by atoms with Crippen LogP contribution in [0.2, 0.25) is 0 Å². The summed E-state index contributed by atoms with van der Waals surface area (Å²) < 4.78 is 5.34. The molecule has 1 rings (SSSR count). The molecule has 1 aromatic carbocycles. The van der Waals surface area contributed by atoms with Gasteiger partial charge in [-0.3, -0.25) is 9.59 Å². The lowest BCUT2D eigenvalue weighted by Gasteiger charge is -2.13. The van der Waals surface area contributed by atoms with Gasteiger partial charge >= 0.3 is 5.97 Å². The summed E-state index contributed by atoms with van der Waals surface area (Å²) in [6.45, 7) is 3.94. The fraction of sp³-hybridized carbons (Fsp3) is 0.467. The number of carbonyl (C=O) groups excluding carboxylic acids is 1. The third-order valence-corrected chi connectivity index (χ3v) is 2.57. The summed E-state index contributed by atoms with van der Waals surface area (Å²) in [4.78, 5) is 20.2. The minimum absolute atomic E-state index is 0.0511. The highest BCUT2D eigenvalue weighted by atomic mass is 16.5. The standard InChI is InChI=1S/C14H20O2.CH2O2/c1-3-8-12(9-4-2)14(15)16-13-10-6-5-7-11-13;2-1-3/h5-7,10-12H,3-4,8-9H2,1-2H3;1H,(H,2,3). The van der Waals surface area contributed by atoms with Crippen molar-refractivity contribution in [1.29, 1.82) is 0 Å². The molecule has 1 N–H and O–H groups in total. The van der Waals surface area contributed by atoms with Gasteiger partial charge in [0.05, 0.1) is 5.92 Å². The molecule has 0 heterocycles. The van der Waals surface area contributed by atoms with E-state index in [0.29, 0.717) is 5.75 Å². The molecule has 4 nitrogen and oxygen atoms in total. The Kier molecular flexibility index (Phi) is 10.2. The maximum atomic E-state index is 11.9. The van der Waals surface area contributed by atoms with E-state index < -0.39 is 0 Å². The van der Waals surface area contributed by atoms with Crippen LogP contribution < -0.4 is 4.74 Å². The van der Waals surface area contributed by atoms with Crippen LogP contribution in [-0.4, -0.2) is 17.5 Å². The molecule has 19 heavy (non-hydrogen) atoms. The van der Waals surface area contributed by atoms with Crippen LogP contribution >= 0.6 is 0 Å². The first-order valence-electron chi connectivity index (χ1n) is 6.54. The molecule has 0 aliphatic heterocycles. The predicted molar refractivity (Wildman–Crippen MR) is 74.1 cm³/mol. The maximum Gasteiger partial charge on any atom is 0.314 e. The number of hydrogen-bond donors (Lipinski definition) is 1. The fourth-order valence-electron chi connectivity index (χ4n) is 1.76. The van der Waals surface area contributed by atoms with Gasteiger partial charge in [-0.25, -0.2) is 0 Å². The Labute approximate surface area is 114 Å². The molecule has 0 aliphatic carbocycles. The van der Waals surface area contributed by atoms with Gasteiger partial charge in [0.2, 0.25) is 0 Å². The van der Waals surface area contributed by atoms with E-state index in [0.717, 1.165) is 25.7 Å². The smallest absolute Gasteiger partial charge is 0.314 e. The first-order valence-corrected chi connectivity index (χ1v) is 6.54. The molecule has 0 amide bonds. The summed E-state index contributed by atoms with van der Waals surface area (Å²) in [6, 6.07) is 9.28. The molecule has 0 saturated carbocycles. The van der Waals surface area contributed by atoms with E-state index in [2.05, 4.69) is 13.8 Å². The zero-order chi connectivity index (χ0) is 14.5. The Morgan fingerprint density at radius 2 is 1.68 bits per heavy atom. The lowest BCUT2D eigenvalue weighted by Crippen LogP contribution is -2.20. The van der Waals surface area contributed by atoms with Crippen LogP contribution in [0.5, 0.6) is 5.75 Å². The van der Waals surface area contributed by atoms with Crippen molar-refractivity contribution in [3.63, 3.8) is 0 Å². The summed E-state index contributed by atoms with van der Waals surface area (Å²) in [5.74, 6) is 0.606. The highest BCUT2D eigenvalue weighted by molar-refractivity contribution is 5.75. The van der Waals surface area contributed by atoms with Gasteiger partial charge in [-0.05, 0) is 25.0 Å². The van der Waals surface area contributed by atoms with Crippen molar-refractivity contribution in [2.24, 2.45) is 5.92 Å². The molecular weight excluding hydrogens is 244 g/mol. The van der Waals surface area contributed by atoms with Gasteiger partial charge in [0.25, 0.3) is 6.47 Å². The fourth-order valence-corrected chi connectivity index (χ4v) is 1.76. The van der Waals surface area contributed by atoms with E-state index in [-0.39, 0.29) is 18.4 Å². The number of rotatable bonds is 6. The van der Waals surface area contributed by atoms with Crippen LogP contribution in [0.4, 0.5) is 0 Å². The Morgan fingerprint density at radius 1 is 1.21 bits per heavy atom. The van der Waals surface area contributed by atoms with Gasteiger partial charge in [0.15, 0.2) is 0 Å². The van der Waals surface area contributed by atoms with Crippen molar-refractivity contribution in [2.45, 2.75) is 39.5 Å². The highest BCUT2D eigenvalue weighted by Crippen LogP contribution is 2.18. The van der Waals surface area contributed by atoms with Crippen molar-refractivity contribution in [1.82, 2.24) is 0 Å². The normalized spacial score (nSPS) is 9.42. The number of para-hydroxylation sites is 1. The van der Waals surface area contributed by atoms with E-state index in [1.165, 1.54) is 0 Å². The van der Waals surface area contributed by atoms with Crippen LogP contribution in [-0.2, 0) is 9.59 Å². The molecule has 0 radical (unpaired) electrons. The van der Waals surface area contributed by atoms with Gasteiger partial charge in [-0.2, -0.15) is 0 Å². The summed E-state index contributed by atoms with van der Waals surface area (Å²) in [7, 11) is 0. The lowest BCUT2D eigenvalue weighted by atomic mass is 9.99. The number of hydrogen-bond acceptors (Lipinski definition) is 3. The van der Waals surface area contributed by atoms with Crippen molar-refractivity contribution in [2.75, 3.05) is 0 Å². The van der Waals surface area contributed by atoms with E-state index in [9.17, 15) is 4.79 Å². The molecule has 4 heteroatoms. The minimum atomic E-state index is -0.250. The quantitative estimate of drug-likeness (QED) is 0.486. The molecule has 0 atom stereocenters. The first kappa shape index (κ1) is 17.2. The van der Waals surface area contributed by atoms with Crippen LogP contribution in [0.25, 0.3) is 0 Å². The summed E-state index contributed by atoms with van der Waals surface area (Å²) >= 11 is 0. The van der Waals surface area contributed by atoms with E-state index >= 15 is 0 Å². The monoisotopic (exact) mass is 266 g/mol. The van der Waals surface area contributed by atoms with Gasteiger partial charge < -0.3 is 9.84 Å². The van der Waals surface area contributed by atoms with Crippen LogP contribution in [0, 0.1) is 5.92 Å². The Hall–Kier alpha value is -1.84.